The fraction of sp³-hybridized carbons (Fsp3) is 0.611. The molecule has 0 saturated carbocycles. The molecule has 4 nitrogen and oxygen atoms in total. The van der Waals surface area contributed by atoms with Gasteiger partial charge in [0.05, 0.1) is 19.6 Å². The topological polar surface area (TPSA) is 47.6 Å². The Morgan fingerprint density at radius 1 is 1.36 bits per heavy atom. The van der Waals surface area contributed by atoms with Crippen LogP contribution in [0, 0.1) is 5.92 Å². The number of aryl methyl sites for hydroxylation is 1. The van der Waals surface area contributed by atoms with Gasteiger partial charge in [0.25, 0.3) is 0 Å². The van der Waals surface area contributed by atoms with Crippen LogP contribution in [0.25, 0.3) is 0 Å². The zero-order chi connectivity index (χ0) is 15.4. The van der Waals surface area contributed by atoms with Crippen LogP contribution in [-0.2, 0) is 16.0 Å². The summed E-state index contributed by atoms with van der Waals surface area (Å²) >= 11 is 0. The maximum atomic E-state index is 12.2. The molecule has 0 radical (unpaired) electrons. The molecule has 1 aliphatic carbocycles. The summed E-state index contributed by atoms with van der Waals surface area (Å²) in [5, 5.41) is 3.14. The van der Waals surface area contributed by atoms with Crippen LogP contribution in [0.4, 0.5) is 0 Å². The maximum Gasteiger partial charge on any atom is 0.225 e. The molecule has 3 rings (SSSR count). The average Bonchev–Trinajstić information content (AvgIpc) is 2.59. The Labute approximate surface area is 132 Å². The van der Waals surface area contributed by atoms with Crippen molar-refractivity contribution in [1.82, 2.24) is 5.32 Å². The first-order chi connectivity index (χ1) is 10.8. The van der Waals surface area contributed by atoms with Gasteiger partial charge in [0.2, 0.25) is 5.91 Å². The Morgan fingerprint density at radius 3 is 3.05 bits per heavy atom. The highest BCUT2D eigenvalue weighted by molar-refractivity contribution is 5.78. The van der Waals surface area contributed by atoms with Crippen molar-refractivity contribution in [2.75, 3.05) is 26.9 Å². The molecule has 0 unspecified atom stereocenters. The first-order valence-electron chi connectivity index (χ1n) is 8.30. The normalized spacial score (nSPS) is 24.4. The van der Waals surface area contributed by atoms with Gasteiger partial charge < -0.3 is 14.8 Å². The minimum atomic E-state index is 0.0349. The molecule has 1 aromatic carbocycles. The molecule has 1 aromatic rings. The van der Waals surface area contributed by atoms with Crippen LogP contribution in [0.5, 0.6) is 5.75 Å². The molecule has 4 heteroatoms. The number of ether oxygens (including phenoxy) is 2. The van der Waals surface area contributed by atoms with Gasteiger partial charge in [-0.2, -0.15) is 0 Å². The van der Waals surface area contributed by atoms with Gasteiger partial charge in [0.15, 0.2) is 0 Å². The van der Waals surface area contributed by atoms with Crippen LogP contribution < -0.4 is 10.1 Å². The van der Waals surface area contributed by atoms with E-state index in [2.05, 4.69) is 17.4 Å². The van der Waals surface area contributed by atoms with E-state index in [0.29, 0.717) is 12.5 Å². The van der Waals surface area contributed by atoms with E-state index < -0.39 is 0 Å². The van der Waals surface area contributed by atoms with Gasteiger partial charge in [0.1, 0.15) is 5.75 Å². The highest BCUT2D eigenvalue weighted by Crippen LogP contribution is 2.33. The van der Waals surface area contributed by atoms with Crippen molar-refractivity contribution < 1.29 is 14.3 Å². The molecule has 1 amide bonds. The van der Waals surface area contributed by atoms with Crippen LogP contribution in [0.1, 0.15) is 42.7 Å². The van der Waals surface area contributed by atoms with E-state index in [9.17, 15) is 4.79 Å². The first-order valence-corrected chi connectivity index (χ1v) is 8.30. The lowest BCUT2D eigenvalue weighted by Gasteiger charge is -2.27. The number of amides is 1. The smallest absolute Gasteiger partial charge is 0.225 e. The van der Waals surface area contributed by atoms with Gasteiger partial charge in [-0.3, -0.25) is 4.79 Å². The Hall–Kier alpha value is -1.55. The molecule has 1 N–H and O–H groups in total. The molecular weight excluding hydrogens is 278 g/mol. The third-order valence-electron chi connectivity index (χ3n) is 4.84. The minimum Gasteiger partial charge on any atom is -0.497 e. The van der Waals surface area contributed by atoms with E-state index in [1.165, 1.54) is 17.5 Å². The van der Waals surface area contributed by atoms with Gasteiger partial charge in [-0.05, 0) is 55.4 Å². The summed E-state index contributed by atoms with van der Waals surface area (Å²) in [5.41, 5.74) is 2.73. The van der Waals surface area contributed by atoms with Crippen molar-refractivity contribution in [2.45, 2.75) is 38.0 Å². The van der Waals surface area contributed by atoms with Crippen molar-refractivity contribution >= 4 is 5.91 Å². The number of methoxy groups -OCH3 is 1. The van der Waals surface area contributed by atoms with Crippen LogP contribution in [0.2, 0.25) is 0 Å². The summed E-state index contributed by atoms with van der Waals surface area (Å²) in [6.07, 6.45) is 5.36. The molecule has 120 valence electrons. The second-order valence-electron chi connectivity index (χ2n) is 6.31. The minimum absolute atomic E-state index is 0.0349. The zero-order valence-electron chi connectivity index (χ0n) is 13.3. The predicted octanol–water partition coefficient (Wildman–Crippen LogP) is 2.66. The van der Waals surface area contributed by atoms with E-state index in [1.54, 1.807) is 7.11 Å². The third kappa shape index (κ3) is 3.43. The molecule has 2 aliphatic rings. The number of hydrogen-bond acceptors (Lipinski definition) is 3. The van der Waals surface area contributed by atoms with E-state index in [4.69, 9.17) is 9.47 Å². The Kier molecular flexibility index (Phi) is 4.98. The number of fused-ring (bicyclic) bond motifs is 1. The molecule has 1 saturated heterocycles. The van der Waals surface area contributed by atoms with Gasteiger partial charge in [-0.1, -0.05) is 6.07 Å². The molecular formula is C18H25NO3. The van der Waals surface area contributed by atoms with Gasteiger partial charge in [-0.15, -0.1) is 0 Å². The number of hydrogen-bond donors (Lipinski definition) is 1. The van der Waals surface area contributed by atoms with Crippen molar-refractivity contribution in [1.29, 1.82) is 0 Å². The highest BCUT2D eigenvalue weighted by atomic mass is 16.5. The molecule has 22 heavy (non-hydrogen) atoms. The predicted molar refractivity (Wildman–Crippen MR) is 85.2 cm³/mol. The van der Waals surface area contributed by atoms with Crippen LogP contribution in [-0.4, -0.2) is 32.8 Å². The fourth-order valence-electron chi connectivity index (χ4n) is 3.55. The summed E-state index contributed by atoms with van der Waals surface area (Å²) in [6, 6.07) is 6.32. The monoisotopic (exact) mass is 303 g/mol. The second-order valence-corrected chi connectivity index (χ2v) is 6.31. The number of rotatable bonds is 4. The van der Waals surface area contributed by atoms with Crippen molar-refractivity contribution in [2.24, 2.45) is 5.92 Å². The molecule has 2 atom stereocenters. The van der Waals surface area contributed by atoms with Gasteiger partial charge >= 0.3 is 0 Å². The quantitative estimate of drug-likeness (QED) is 0.930. The lowest BCUT2D eigenvalue weighted by atomic mass is 9.82. The summed E-state index contributed by atoms with van der Waals surface area (Å²) in [7, 11) is 1.70. The van der Waals surface area contributed by atoms with Gasteiger partial charge in [0, 0.05) is 19.1 Å². The summed E-state index contributed by atoms with van der Waals surface area (Å²) in [6.45, 7) is 2.10. The largest absolute Gasteiger partial charge is 0.497 e. The van der Waals surface area contributed by atoms with E-state index in [1.807, 2.05) is 6.07 Å². The second kappa shape index (κ2) is 7.14. The standard InChI is InChI=1S/C18H25NO3/c1-21-16-7-8-17-13(10-16)4-2-5-14(17)11-19-18(20)15-6-3-9-22-12-15/h7-8,10,14-15H,2-6,9,11-12H2,1H3,(H,19,20)/t14-,15-/m0/s1. The average molecular weight is 303 g/mol. The highest BCUT2D eigenvalue weighted by Gasteiger charge is 2.25. The molecule has 1 aliphatic heterocycles. The number of benzene rings is 1. The van der Waals surface area contributed by atoms with Crippen LogP contribution >= 0.6 is 0 Å². The summed E-state index contributed by atoms with van der Waals surface area (Å²) < 4.78 is 10.7. The maximum absolute atomic E-state index is 12.2. The lowest BCUT2D eigenvalue weighted by molar-refractivity contribution is -0.129. The number of nitrogens with one attached hydrogen (secondary N) is 1. The lowest BCUT2D eigenvalue weighted by Crippen LogP contribution is -2.38. The molecule has 0 aromatic heterocycles. The molecule has 0 spiro atoms. The molecule has 0 bridgehead atoms. The SMILES string of the molecule is COc1ccc2c(c1)CCC[C@H]2CNC(=O)[C@H]1CCCOC1. The number of carbonyl (C=O) groups is 1. The van der Waals surface area contributed by atoms with Crippen LogP contribution in [0.15, 0.2) is 18.2 Å². The van der Waals surface area contributed by atoms with E-state index in [-0.39, 0.29) is 11.8 Å². The fourth-order valence-corrected chi connectivity index (χ4v) is 3.55. The van der Waals surface area contributed by atoms with Gasteiger partial charge in [-0.25, -0.2) is 0 Å². The van der Waals surface area contributed by atoms with Crippen molar-refractivity contribution in [3.8, 4) is 5.75 Å². The first kappa shape index (κ1) is 15.3. The Morgan fingerprint density at radius 2 is 2.27 bits per heavy atom. The summed E-state index contributed by atoms with van der Waals surface area (Å²) in [4.78, 5) is 12.2. The van der Waals surface area contributed by atoms with Crippen molar-refractivity contribution in [3.63, 3.8) is 0 Å². The third-order valence-corrected chi connectivity index (χ3v) is 4.84. The number of carbonyl (C=O) groups excluding carboxylic acids is 1. The van der Waals surface area contributed by atoms with E-state index >= 15 is 0 Å². The van der Waals surface area contributed by atoms with E-state index in [0.717, 1.165) is 44.6 Å². The van der Waals surface area contributed by atoms with Crippen molar-refractivity contribution in [3.05, 3.63) is 29.3 Å². The Bertz CT molecular complexity index is 523. The van der Waals surface area contributed by atoms with Crippen LogP contribution in [0.3, 0.4) is 0 Å². The molecule has 1 heterocycles. The molecule has 1 fully saturated rings. The zero-order valence-corrected chi connectivity index (χ0v) is 13.3. The summed E-state index contributed by atoms with van der Waals surface area (Å²) in [5.74, 6) is 1.53. The Balaban J connectivity index is 1.61.